The van der Waals surface area contributed by atoms with Crippen molar-refractivity contribution in [3.63, 3.8) is 0 Å². The number of aliphatic hydroxyl groups is 1. The molecule has 1 aliphatic carbocycles. The molecule has 1 saturated carbocycles. The zero-order chi connectivity index (χ0) is 21.5. The zero-order valence-electron chi connectivity index (χ0n) is 17.5. The summed E-state index contributed by atoms with van der Waals surface area (Å²) in [6, 6.07) is 10.0. The highest BCUT2D eigenvalue weighted by atomic mass is 32.1. The first kappa shape index (κ1) is 20.0. The molecule has 2 heterocycles. The number of aromatic nitrogens is 1. The van der Waals surface area contributed by atoms with Crippen LogP contribution in [0.3, 0.4) is 0 Å². The minimum atomic E-state index is -0.245. The highest BCUT2D eigenvalue weighted by Crippen LogP contribution is 2.42. The monoisotopic (exact) mass is 436 g/mol. The maximum absolute atomic E-state index is 12.7. The quantitative estimate of drug-likeness (QED) is 0.467. The average molecular weight is 437 g/mol. The minimum Gasteiger partial charge on any atom is -0.493 e. The number of methoxy groups -OCH3 is 1. The summed E-state index contributed by atoms with van der Waals surface area (Å²) in [5.41, 5.74) is 3.95. The Kier molecular flexibility index (Phi) is 5.16. The molecule has 4 aromatic rings. The largest absolute Gasteiger partial charge is 0.493 e. The highest BCUT2D eigenvalue weighted by molar-refractivity contribution is 7.13. The number of aryl methyl sites for hydroxylation is 1. The van der Waals surface area contributed by atoms with E-state index in [-0.39, 0.29) is 18.1 Å². The summed E-state index contributed by atoms with van der Waals surface area (Å²) >= 11 is 1.44. The standard InChI is InChI=1S/C24H24N2O4S/c1-13-3-9-19-17(11-13)21-16(8-10-20(29-2)22(21)30-19)24-26-18(12-31-24)23(28)25-14-4-6-15(27)7-5-14/h3,8-12,14-15,27H,4-7H2,1-2H3,(H,25,28). The van der Waals surface area contributed by atoms with Gasteiger partial charge in [0.05, 0.1) is 13.2 Å². The first-order valence-corrected chi connectivity index (χ1v) is 11.4. The molecule has 31 heavy (non-hydrogen) atoms. The van der Waals surface area contributed by atoms with Crippen LogP contribution in [0.4, 0.5) is 0 Å². The molecule has 1 amide bonds. The van der Waals surface area contributed by atoms with Gasteiger partial charge in [-0.15, -0.1) is 11.3 Å². The third-order valence-electron chi connectivity index (χ3n) is 5.96. The number of nitrogens with one attached hydrogen (secondary N) is 1. The van der Waals surface area contributed by atoms with Crippen LogP contribution < -0.4 is 10.1 Å². The predicted molar refractivity (Wildman–Crippen MR) is 122 cm³/mol. The topological polar surface area (TPSA) is 84.6 Å². The molecule has 160 valence electrons. The molecule has 2 aromatic heterocycles. The van der Waals surface area contributed by atoms with Gasteiger partial charge < -0.3 is 19.6 Å². The highest BCUT2D eigenvalue weighted by Gasteiger charge is 2.23. The molecular formula is C24H24N2O4S. The summed E-state index contributed by atoms with van der Waals surface area (Å²) < 4.78 is 11.6. The lowest BCUT2D eigenvalue weighted by Gasteiger charge is -2.25. The SMILES string of the molecule is COc1ccc(-c2nc(C(=O)NC3CCC(O)CC3)cs2)c2c1oc1ccc(C)cc12. The molecule has 0 unspecified atom stereocenters. The van der Waals surface area contributed by atoms with Crippen molar-refractivity contribution in [1.29, 1.82) is 0 Å². The Morgan fingerprint density at radius 3 is 2.81 bits per heavy atom. The van der Waals surface area contributed by atoms with Gasteiger partial charge in [0, 0.05) is 27.8 Å². The maximum Gasteiger partial charge on any atom is 0.270 e. The number of benzene rings is 2. The number of nitrogens with zero attached hydrogens (tertiary/aromatic N) is 1. The fourth-order valence-electron chi connectivity index (χ4n) is 4.29. The van der Waals surface area contributed by atoms with E-state index in [0.717, 1.165) is 58.2 Å². The van der Waals surface area contributed by atoms with Crippen molar-refractivity contribution in [2.45, 2.75) is 44.8 Å². The van der Waals surface area contributed by atoms with Crippen LogP contribution in [0.1, 0.15) is 41.7 Å². The molecule has 2 N–H and O–H groups in total. The molecule has 1 fully saturated rings. The molecule has 0 spiro atoms. The second kappa shape index (κ2) is 7.98. The van der Waals surface area contributed by atoms with Crippen molar-refractivity contribution in [3.05, 3.63) is 47.0 Å². The molecule has 0 saturated heterocycles. The van der Waals surface area contributed by atoms with Crippen molar-refractivity contribution in [2.75, 3.05) is 7.11 Å². The fourth-order valence-corrected chi connectivity index (χ4v) is 5.12. The summed E-state index contributed by atoms with van der Waals surface area (Å²) in [5, 5.41) is 17.2. The summed E-state index contributed by atoms with van der Waals surface area (Å²) in [5.74, 6) is 0.503. The van der Waals surface area contributed by atoms with Crippen molar-refractivity contribution in [3.8, 4) is 16.3 Å². The number of hydrogen-bond donors (Lipinski definition) is 2. The van der Waals surface area contributed by atoms with E-state index >= 15 is 0 Å². The maximum atomic E-state index is 12.7. The Balaban J connectivity index is 1.51. The summed E-state index contributed by atoms with van der Waals surface area (Å²) in [4.78, 5) is 17.4. The van der Waals surface area contributed by atoms with E-state index in [4.69, 9.17) is 9.15 Å². The van der Waals surface area contributed by atoms with Gasteiger partial charge in [0.2, 0.25) is 0 Å². The predicted octanol–water partition coefficient (Wildman–Crippen LogP) is 5.06. The van der Waals surface area contributed by atoms with E-state index in [2.05, 4.69) is 16.4 Å². The zero-order valence-corrected chi connectivity index (χ0v) is 18.3. The van der Waals surface area contributed by atoms with E-state index in [1.807, 2.05) is 31.2 Å². The summed E-state index contributed by atoms with van der Waals surface area (Å²) in [7, 11) is 1.63. The van der Waals surface area contributed by atoms with Gasteiger partial charge in [0.15, 0.2) is 11.3 Å². The number of fused-ring (bicyclic) bond motifs is 3. The van der Waals surface area contributed by atoms with Gasteiger partial charge in [-0.25, -0.2) is 4.98 Å². The number of amides is 1. The molecule has 2 aromatic carbocycles. The van der Waals surface area contributed by atoms with Crippen LogP contribution in [0.25, 0.3) is 32.5 Å². The number of furan rings is 1. The molecule has 7 heteroatoms. The third-order valence-corrected chi connectivity index (χ3v) is 6.83. The van der Waals surface area contributed by atoms with Crippen molar-refractivity contribution in [2.24, 2.45) is 0 Å². The second-order valence-corrected chi connectivity index (χ2v) is 9.00. The lowest BCUT2D eigenvalue weighted by Crippen LogP contribution is -2.38. The van der Waals surface area contributed by atoms with Gasteiger partial charge in [-0.2, -0.15) is 0 Å². The van der Waals surface area contributed by atoms with Crippen molar-refractivity contribution in [1.82, 2.24) is 10.3 Å². The molecule has 0 bridgehead atoms. The van der Waals surface area contributed by atoms with E-state index in [1.165, 1.54) is 11.3 Å². The van der Waals surface area contributed by atoms with E-state index in [0.29, 0.717) is 17.0 Å². The Bertz CT molecular complexity index is 1270. The number of thiazole rings is 1. The van der Waals surface area contributed by atoms with Crippen LogP contribution in [0, 0.1) is 6.92 Å². The van der Waals surface area contributed by atoms with Crippen LogP contribution in [0.5, 0.6) is 5.75 Å². The first-order chi connectivity index (χ1) is 15.0. The number of ether oxygens (including phenoxy) is 1. The van der Waals surface area contributed by atoms with Gasteiger partial charge in [-0.3, -0.25) is 4.79 Å². The van der Waals surface area contributed by atoms with Crippen molar-refractivity contribution >= 4 is 39.2 Å². The van der Waals surface area contributed by atoms with Gasteiger partial charge in [0.1, 0.15) is 16.3 Å². The number of carbonyl (C=O) groups excluding carboxylic acids is 1. The molecule has 0 atom stereocenters. The van der Waals surface area contributed by atoms with Crippen LogP contribution in [0.2, 0.25) is 0 Å². The Hall–Kier alpha value is -2.90. The first-order valence-electron chi connectivity index (χ1n) is 10.5. The molecule has 0 radical (unpaired) electrons. The summed E-state index contributed by atoms with van der Waals surface area (Å²) in [6.45, 7) is 2.05. The van der Waals surface area contributed by atoms with Gasteiger partial charge >= 0.3 is 0 Å². The normalized spacial score (nSPS) is 19.1. The Labute approximate surface area is 183 Å². The molecule has 6 nitrogen and oxygen atoms in total. The lowest BCUT2D eigenvalue weighted by molar-refractivity contribution is 0.0864. The number of aliphatic hydroxyl groups excluding tert-OH is 1. The molecule has 5 rings (SSSR count). The number of carbonyl (C=O) groups is 1. The van der Waals surface area contributed by atoms with Crippen LogP contribution in [-0.4, -0.2) is 35.3 Å². The van der Waals surface area contributed by atoms with E-state index in [9.17, 15) is 9.90 Å². The third kappa shape index (κ3) is 3.68. The number of rotatable bonds is 4. The van der Waals surface area contributed by atoms with Gasteiger partial charge in [-0.05, 0) is 56.9 Å². The van der Waals surface area contributed by atoms with E-state index < -0.39 is 0 Å². The van der Waals surface area contributed by atoms with Crippen LogP contribution in [-0.2, 0) is 0 Å². The van der Waals surface area contributed by atoms with Gasteiger partial charge in [-0.1, -0.05) is 11.6 Å². The smallest absolute Gasteiger partial charge is 0.270 e. The van der Waals surface area contributed by atoms with Crippen LogP contribution >= 0.6 is 11.3 Å². The number of hydrogen-bond acceptors (Lipinski definition) is 6. The minimum absolute atomic E-state index is 0.0922. The Morgan fingerprint density at radius 1 is 1.23 bits per heavy atom. The summed E-state index contributed by atoms with van der Waals surface area (Å²) in [6.07, 6.45) is 2.80. The van der Waals surface area contributed by atoms with Crippen molar-refractivity contribution < 1.29 is 19.1 Å². The lowest BCUT2D eigenvalue weighted by atomic mass is 9.93. The second-order valence-electron chi connectivity index (χ2n) is 8.14. The molecule has 1 aliphatic rings. The fraction of sp³-hybridized carbons (Fsp3) is 0.333. The molecular weight excluding hydrogens is 412 g/mol. The van der Waals surface area contributed by atoms with Gasteiger partial charge in [0.25, 0.3) is 5.91 Å². The average Bonchev–Trinajstić information content (AvgIpc) is 3.40. The van der Waals surface area contributed by atoms with Crippen LogP contribution in [0.15, 0.2) is 40.1 Å². The molecule has 0 aliphatic heterocycles. The Morgan fingerprint density at radius 2 is 2.03 bits per heavy atom. The van der Waals surface area contributed by atoms with E-state index in [1.54, 1.807) is 12.5 Å².